The van der Waals surface area contributed by atoms with Gasteiger partial charge in [-0.15, -0.1) is 0 Å². The Morgan fingerprint density at radius 3 is 2.72 bits per heavy atom. The lowest BCUT2D eigenvalue weighted by atomic mass is 9.86. The molecule has 0 bridgehead atoms. The molecule has 0 aromatic carbocycles. The summed E-state index contributed by atoms with van der Waals surface area (Å²) in [6.07, 6.45) is 6.75. The highest BCUT2D eigenvalue weighted by molar-refractivity contribution is 8.00. The van der Waals surface area contributed by atoms with Crippen molar-refractivity contribution in [3.63, 3.8) is 0 Å². The van der Waals surface area contributed by atoms with E-state index in [9.17, 15) is 0 Å². The van der Waals surface area contributed by atoms with Crippen LogP contribution in [0.15, 0.2) is 0 Å². The van der Waals surface area contributed by atoms with E-state index in [1.165, 1.54) is 50.9 Å². The Labute approximate surface area is 117 Å². The van der Waals surface area contributed by atoms with Crippen LogP contribution < -0.4 is 5.73 Å². The zero-order valence-corrected chi connectivity index (χ0v) is 13.2. The van der Waals surface area contributed by atoms with Crippen molar-refractivity contribution in [2.45, 2.75) is 63.2 Å². The molecule has 1 aliphatic carbocycles. The normalized spacial score (nSPS) is 38.3. The van der Waals surface area contributed by atoms with E-state index in [1.807, 2.05) is 0 Å². The van der Waals surface area contributed by atoms with E-state index in [1.54, 1.807) is 0 Å². The van der Waals surface area contributed by atoms with Gasteiger partial charge in [-0.1, -0.05) is 19.8 Å². The van der Waals surface area contributed by atoms with Crippen LogP contribution >= 0.6 is 11.8 Å². The molecule has 0 aromatic rings. The first kappa shape index (κ1) is 14.7. The van der Waals surface area contributed by atoms with Crippen molar-refractivity contribution in [1.29, 1.82) is 0 Å². The van der Waals surface area contributed by atoms with Crippen molar-refractivity contribution in [3.05, 3.63) is 0 Å². The first-order valence-corrected chi connectivity index (χ1v) is 8.55. The smallest absolute Gasteiger partial charge is 0.0332 e. The summed E-state index contributed by atoms with van der Waals surface area (Å²) in [5, 5.41) is 0. The van der Waals surface area contributed by atoms with Crippen LogP contribution in [0.3, 0.4) is 0 Å². The highest BCUT2D eigenvalue weighted by Gasteiger charge is 2.41. The van der Waals surface area contributed by atoms with Gasteiger partial charge in [0, 0.05) is 35.7 Å². The molecule has 0 spiro atoms. The lowest BCUT2D eigenvalue weighted by molar-refractivity contribution is 0.0721. The van der Waals surface area contributed by atoms with Crippen LogP contribution in [0, 0.1) is 5.92 Å². The number of rotatable bonds is 2. The van der Waals surface area contributed by atoms with E-state index >= 15 is 0 Å². The molecule has 3 heteroatoms. The van der Waals surface area contributed by atoms with Gasteiger partial charge in [0.05, 0.1) is 0 Å². The Morgan fingerprint density at radius 1 is 1.28 bits per heavy atom. The fourth-order valence-corrected chi connectivity index (χ4v) is 4.75. The fourth-order valence-electron chi connectivity index (χ4n) is 3.63. The van der Waals surface area contributed by atoms with E-state index in [4.69, 9.17) is 5.73 Å². The van der Waals surface area contributed by atoms with E-state index in [0.29, 0.717) is 10.3 Å². The maximum Gasteiger partial charge on any atom is 0.0332 e. The van der Waals surface area contributed by atoms with Gasteiger partial charge >= 0.3 is 0 Å². The maximum atomic E-state index is 6.22. The lowest BCUT2D eigenvalue weighted by Gasteiger charge is -2.49. The number of hydrogen-bond donors (Lipinski definition) is 1. The van der Waals surface area contributed by atoms with E-state index in [0.717, 1.165) is 12.5 Å². The third kappa shape index (κ3) is 3.23. The second-order valence-corrected chi connectivity index (χ2v) is 8.80. The number of nitrogens with two attached hydrogens (primary N) is 1. The molecule has 1 heterocycles. The summed E-state index contributed by atoms with van der Waals surface area (Å²) < 4.78 is 0.401. The Hall–Kier alpha value is 0.270. The third-order valence-corrected chi connectivity index (χ3v) is 6.22. The summed E-state index contributed by atoms with van der Waals surface area (Å²) in [7, 11) is 0. The monoisotopic (exact) mass is 270 g/mol. The Morgan fingerprint density at radius 2 is 2.06 bits per heavy atom. The molecule has 1 aliphatic heterocycles. The van der Waals surface area contributed by atoms with Crippen LogP contribution in [0.1, 0.15) is 52.9 Å². The molecule has 0 amide bonds. The summed E-state index contributed by atoms with van der Waals surface area (Å²) in [6.45, 7) is 10.5. The van der Waals surface area contributed by atoms with Gasteiger partial charge in [0.1, 0.15) is 0 Å². The molecule has 18 heavy (non-hydrogen) atoms. The van der Waals surface area contributed by atoms with Crippen LogP contribution in [0.2, 0.25) is 0 Å². The Bertz CT molecular complexity index is 280. The molecule has 1 saturated carbocycles. The average Bonchev–Trinajstić information content (AvgIpc) is 2.51. The minimum absolute atomic E-state index is 0.309. The minimum atomic E-state index is 0.309. The van der Waals surface area contributed by atoms with Gasteiger partial charge in [0.25, 0.3) is 0 Å². The first-order valence-electron chi connectivity index (χ1n) is 7.57. The van der Waals surface area contributed by atoms with Crippen LogP contribution in [0.5, 0.6) is 0 Å². The molecule has 2 rings (SSSR count). The van der Waals surface area contributed by atoms with Crippen molar-refractivity contribution < 1.29 is 0 Å². The highest BCUT2D eigenvalue weighted by Crippen LogP contribution is 2.39. The molecular formula is C15H30N2S. The molecule has 2 nitrogen and oxygen atoms in total. The second-order valence-electron chi connectivity index (χ2n) is 6.99. The van der Waals surface area contributed by atoms with Crippen LogP contribution in [0.25, 0.3) is 0 Å². The van der Waals surface area contributed by atoms with Gasteiger partial charge in [-0.25, -0.2) is 0 Å². The van der Waals surface area contributed by atoms with Gasteiger partial charge in [0.2, 0.25) is 0 Å². The standard InChI is InChI=1S/C15H30N2S/c1-13-5-4-7-15(11-16,8-6-13)17-9-10-18-14(2,3)12-17/h13H,4-12,16H2,1-3H3. The third-order valence-electron chi connectivity index (χ3n) is 4.92. The van der Waals surface area contributed by atoms with Crippen molar-refractivity contribution in [2.75, 3.05) is 25.4 Å². The lowest BCUT2D eigenvalue weighted by Crippen LogP contribution is -2.59. The first-order chi connectivity index (χ1) is 8.47. The quantitative estimate of drug-likeness (QED) is 0.782. The molecule has 2 atom stereocenters. The summed E-state index contributed by atoms with van der Waals surface area (Å²) >= 11 is 2.12. The number of thioether (sulfide) groups is 1. The maximum absolute atomic E-state index is 6.22. The SMILES string of the molecule is CC1CCCC(CN)(N2CCSC(C)(C)C2)CC1. The van der Waals surface area contributed by atoms with E-state index < -0.39 is 0 Å². The fraction of sp³-hybridized carbons (Fsp3) is 1.00. The highest BCUT2D eigenvalue weighted by atomic mass is 32.2. The van der Waals surface area contributed by atoms with Gasteiger partial charge in [-0.05, 0) is 39.0 Å². The predicted octanol–water partition coefficient (Wildman–Crippen LogP) is 3.11. The topological polar surface area (TPSA) is 29.3 Å². The number of nitrogens with zero attached hydrogens (tertiary/aromatic N) is 1. The number of hydrogen-bond acceptors (Lipinski definition) is 3. The zero-order chi connectivity index (χ0) is 13.2. The zero-order valence-electron chi connectivity index (χ0n) is 12.4. The van der Waals surface area contributed by atoms with Crippen LogP contribution in [0.4, 0.5) is 0 Å². The Kier molecular flexibility index (Phi) is 4.66. The van der Waals surface area contributed by atoms with Crippen molar-refractivity contribution >= 4 is 11.8 Å². The van der Waals surface area contributed by atoms with Gasteiger partial charge in [0.15, 0.2) is 0 Å². The molecule has 2 fully saturated rings. The van der Waals surface area contributed by atoms with Gasteiger partial charge < -0.3 is 5.73 Å². The van der Waals surface area contributed by atoms with Crippen LogP contribution in [-0.4, -0.2) is 40.6 Å². The van der Waals surface area contributed by atoms with Crippen molar-refractivity contribution in [3.8, 4) is 0 Å². The molecule has 0 aromatic heterocycles. The molecular weight excluding hydrogens is 240 g/mol. The van der Waals surface area contributed by atoms with Crippen molar-refractivity contribution in [2.24, 2.45) is 11.7 Å². The van der Waals surface area contributed by atoms with E-state index in [-0.39, 0.29) is 0 Å². The summed E-state index contributed by atoms with van der Waals surface area (Å²) in [5.41, 5.74) is 6.53. The van der Waals surface area contributed by atoms with Crippen LogP contribution in [-0.2, 0) is 0 Å². The molecule has 2 aliphatic rings. The van der Waals surface area contributed by atoms with E-state index in [2.05, 4.69) is 37.4 Å². The largest absolute Gasteiger partial charge is 0.329 e. The molecule has 0 radical (unpaired) electrons. The molecule has 2 N–H and O–H groups in total. The van der Waals surface area contributed by atoms with Gasteiger partial charge in [-0.3, -0.25) is 4.90 Å². The molecule has 106 valence electrons. The van der Waals surface area contributed by atoms with Gasteiger partial charge in [-0.2, -0.15) is 11.8 Å². The molecule has 2 unspecified atom stereocenters. The minimum Gasteiger partial charge on any atom is -0.329 e. The molecule has 1 saturated heterocycles. The summed E-state index contributed by atoms with van der Waals surface area (Å²) in [4.78, 5) is 2.74. The summed E-state index contributed by atoms with van der Waals surface area (Å²) in [5.74, 6) is 2.16. The second kappa shape index (κ2) is 5.72. The van der Waals surface area contributed by atoms with Crippen molar-refractivity contribution in [1.82, 2.24) is 4.90 Å². The Balaban J connectivity index is 2.10. The average molecular weight is 270 g/mol. The predicted molar refractivity (Wildman–Crippen MR) is 82.1 cm³/mol. The summed E-state index contributed by atoms with van der Waals surface area (Å²) in [6, 6.07) is 0.